The molecule has 2 rings (SSSR count). The summed E-state index contributed by atoms with van der Waals surface area (Å²) in [5, 5.41) is 5.62. The third-order valence-corrected chi connectivity index (χ3v) is 3.67. The van der Waals surface area contributed by atoms with Crippen LogP contribution in [0.3, 0.4) is 0 Å². The summed E-state index contributed by atoms with van der Waals surface area (Å²) in [4.78, 5) is 24.4. The second kappa shape index (κ2) is 8.87. The van der Waals surface area contributed by atoms with Crippen molar-refractivity contribution in [2.75, 3.05) is 18.5 Å². The van der Waals surface area contributed by atoms with E-state index in [9.17, 15) is 9.59 Å². The van der Waals surface area contributed by atoms with Gasteiger partial charge < -0.3 is 15.4 Å². The van der Waals surface area contributed by atoms with Crippen molar-refractivity contribution in [3.8, 4) is 5.75 Å². The topological polar surface area (TPSA) is 67.4 Å². The van der Waals surface area contributed by atoms with E-state index in [4.69, 9.17) is 4.74 Å². The molecule has 5 nitrogen and oxygen atoms in total. The Morgan fingerprint density at radius 2 is 1.64 bits per heavy atom. The summed E-state index contributed by atoms with van der Waals surface area (Å²) < 4.78 is 5.52. The summed E-state index contributed by atoms with van der Waals surface area (Å²) in [5.74, 6) is 0.362. The van der Waals surface area contributed by atoms with Crippen molar-refractivity contribution in [3.05, 3.63) is 59.2 Å². The molecule has 5 heteroatoms. The first-order chi connectivity index (χ1) is 12.0. The highest BCUT2D eigenvalue weighted by Crippen LogP contribution is 2.19. The number of aryl methyl sites for hydroxylation is 1. The first-order valence-electron chi connectivity index (χ1n) is 8.48. The highest BCUT2D eigenvalue weighted by Gasteiger charge is 2.11. The third kappa shape index (κ3) is 5.08. The van der Waals surface area contributed by atoms with Gasteiger partial charge in [0, 0.05) is 23.4 Å². The molecule has 0 unspecified atom stereocenters. The number of rotatable bonds is 7. The maximum atomic E-state index is 12.4. The van der Waals surface area contributed by atoms with Gasteiger partial charge in [-0.15, -0.1) is 0 Å². The van der Waals surface area contributed by atoms with E-state index in [-0.39, 0.29) is 11.8 Å². The molecular formula is C20H24N2O3. The fraction of sp³-hybridized carbons (Fsp3) is 0.300. The van der Waals surface area contributed by atoms with Crippen LogP contribution in [0.2, 0.25) is 0 Å². The van der Waals surface area contributed by atoms with Crippen molar-refractivity contribution < 1.29 is 14.3 Å². The van der Waals surface area contributed by atoms with Crippen LogP contribution in [0.25, 0.3) is 0 Å². The minimum Gasteiger partial charge on any atom is -0.494 e. The van der Waals surface area contributed by atoms with Crippen LogP contribution in [0.15, 0.2) is 42.5 Å². The summed E-state index contributed by atoms with van der Waals surface area (Å²) in [6.45, 7) is 7.00. The molecule has 0 saturated carbocycles. The standard InChI is InChI=1S/C20H24N2O3/c1-4-12-25-17-10-8-15(9-11-17)20(24)22-18-13-16(7-6-14(18)3)19(23)21-5-2/h6-11,13H,4-5,12H2,1-3H3,(H,21,23)(H,22,24). The monoisotopic (exact) mass is 340 g/mol. The molecule has 0 aliphatic rings. The van der Waals surface area contributed by atoms with Gasteiger partial charge >= 0.3 is 0 Å². The van der Waals surface area contributed by atoms with Gasteiger partial charge in [0.15, 0.2) is 0 Å². The molecule has 2 N–H and O–H groups in total. The van der Waals surface area contributed by atoms with Crippen LogP contribution in [0.1, 0.15) is 46.5 Å². The van der Waals surface area contributed by atoms with Crippen LogP contribution in [-0.2, 0) is 0 Å². The SMILES string of the molecule is CCCOc1ccc(C(=O)Nc2cc(C(=O)NCC)ccc2C)cc1. The lowest BCUT2D eigenvalue weighted by Crippen LogP contribution is -2.23. The highest BCUT2D eigenvalue weighted by atomic mass is 16.5. The number of benzene rings is 2. The fourth-order valence-electron chi connectivity index (χ4n) is 2.28. The predicted octanol–water partition coefficient (Wildman–Crippen LogP) is 3.79. The number of anilines is 1. The Hall–Kier alpha value is -2.82. The predicted molar refractivity (Wildman–Crippen MR) is 99.4 cm³/mol. The van der Waals surface area contributed by atoms with Crippen LogP contribution >= 0.6 is 0 Å². The average molecular weight is 340 g/mol. The number of ether oxygens (including phenoxy) is 1. The number of amides is 2. The summed E-state index contributed by atoms with van der Waals surface area (Å²) in [6.07, 6.45) is 0.934. The van der Waals surface area contributed by atoms with E-state index in [2.05, 4.69) is 10.6 Å². The van der Waals surface area contributed by atoms with Crippen LogP contribution in [0.4, 0.5) is 5.69 Å². The van der Waals surface area contributed by atoms with Gasteiger partial charge in [-0.2, -0.15) is 0 Å². The zero-order valence-corrected chi connectivity index (χ0v) is 14.9. The van der Waals surface area contributed by atoms with Gasteiger partial charge in [0.25, 0.3) is 11.8 Å². The molecule has 25 heavy (non-hydrogen) atoms. The fourth-order valence-corrected chi connectivity index (χ4v) is 2.28. The number of hydrogen-bond donors (Lipinski definition) is 2. The summed E-state index contributed by atoms with van der Waals surface area (Å²) >= 11 is 0. The van der Waals surface area contributed by atoms with Crippen LogP contribution < -0.4 is 15.4 Å². The van der Waals surface area contributed by atoms with Crippen molar-refractivity contribution >= 4 is 17.5 Å². The number of carbonyl (C=O) groups excluding carboxylic acids is 2. The molecule has 0 bridgehead atoms. The van der Waals surface area contributed by atoms with Gasteiger partial charge in [0.1, 0.15) is 5.75 Å². The number of hydrogen-bond acceptors (Lipinski definition) is 3. The van der Waals surface area contributed by atoms with Gasteiger partial charge in [-0.05, 0) is 62.2 Å². The van der Waals surface area contributed by atoms with Gasteiger partial charge in [0.05, 0.1) is 6.61 Å². The first-order valence-corrected chi connectivity index (χ1v) is 8.48. The van der Waals surface area contributed by atoms with Crippen molar-refractivity contribution in [2.24, 2.45) is 0 Å². The Morgan fingerprint density at radius 3 is 2.28 bits per heavy atom. The molecule has 0 atom stereocenters. The third-order valence-electron chi connectivity index (χ3n) is 3.67. The molecule has 2 aromatic carbocycles. The van der Waals surface area contributed by atoms with E-state index in [1.54, 1.807) is 36.4 Å². The second-order valence-electron chi connectivity index (χ2n) is 5.72. The molecule has 132 valence electrons. The maximum Gasteiger partial charge on any atom is 0.255 e. The van der Waals surface area contributed by atoms with Crippen molar-refractivity contribution in [1.29, 1.82) is 0 Å². The largest absolute Gasteiger partial charge is 0.494 e. The maximum absolute atomic E-state index is 12.4. The molecule has 0 fully saturated rings. The zero-order chi connectivity index (χ0) is 18.2. The summed E-state index contributed by atoms with van der Waals surface area (Å²) in [6, 6.07) is 12.3. The molecule has 0 radical (unpaired) electrons. The zero-order valence-electron chi connectivity index (χ0n) is 14.9. The molecule has 0 heterocycles. The lowest BCUT2D eigenvalue weighted by atomic mass is 10.1. The van der Waals surface area contributed by atoms with E-state index in [0.717, 1.165) is 17.7 Å². The van der Waals surface area contributed by atoms with Crippen molar-refractivity contribution in [3.63, 3.8) is 0 Å². The molecule has 0 spiro atoms. The van der Waals surface area contributed by atoms with E-state index >= 15 is 0 Å². The molecule has 0 aliphatic carbocycles. The van der Waals surface area contributed by atoms with E-state index in [1.807, 2.05) is 26.8 Å². The van der Waals surface area contributed by atoms with E-state index < -0.39 is 0 Å². The normalized spacial score (nSPS) is 10.2. The smallest absolute Gasteiger partial charge is 0.255 e. The minimum atomic E-state index is -0.224. The number of nitrogens with one attached hydrogen (secondary N) is 2. The molecule has 0 aliphatic heterocycles. The van der Waals surface area contributed by atoms with Crippen LogP contribution in [0.5, 0.6) is 5.75 Å². The number of carbonyl (C=O) groups is 2. The Morgan fingerprint density at radius 1 is 0.960 bits per heavy atom. The Labute approximate surface area is 148 Å². The molecule has 2 amide bonds. The Kier molecular flexibility index (Phi) is 6.57. The summed E-state index contributed by atoms with van der Waals surface area (Å²) in [5.41, 5.74) is 2.57. The van der Waals surface area contributed by atoms with Crippen molar-refractivity contribution in [1.82, 2.24) is 5.32 Å². The quantitative estimate of drug-likeness (QED) is 0.806. The van der Waals surface area contributed by atoms with Crippen LogP contribution in [0, 0.1) is 6.92 Å². The van der Waals surface area contributed by atoms with Gasteiger partial charge in [0.2, 0.25) is 0 Å². The highest BCUT2D eigenvalue weighted by molar-refractivity contribution is 6.05. The first kappa shape index (κ1) is 18.5. The second-order valence-corrected chi connectivity index (χ2v) is 5.72. The molecule has 2 aromatic rings. The molecule has 0 aromatic heterocycles. The van der Waals surface area contributed by atoms with E-state index in [1.165, 1.54) is 0 Å². The lowest BCUT2D eigenvalue weighted by molar-refractivity contribution is 0.0954. The van der Waals surface area contributed by atoms with Gasteiger partial charge in [-0.1, -0.05) is 13.0 Å². The lowest BCUT2D eigenvalue weighted by Gasteiger charge is -2.11. The summed E-state index contributed by atoms with van der Waals surface area (Å²) in [7, 11) is 0. The van der Waals surface area contributed by atoms with Crippen molar-refractivity contribution in [2.45, 2.75) is 27.2 Å². The van der Waals surface area contributed by atoms with E-state index in [0.29, 0.717) is 30.0 Å². The van der Waals surface area contributed by atoms with Crippen LogP contribution in [-0.4, -0.2) is 25.0 Å². The molecule has 0 saturated heterocycles. The van der Waals surface area contributed by atoms with Gasteiger partial charge in [-0.3, -0.25) is 9.59 Å². The van der Waals surface area contributed by atoms with Gasteiger partial charge in [-0.25, -0.2) is 0 Å². The minimum absolute atomic E-state index is 0.157. The Bertz CT molecular complexity index is 739. The average Bonchev–Trinajstić information content (AvgIpc) is 2.62. The molecular weight excluding hydrogens is 316 g/mol. The Balaban J connectivity index is 2.11.